The number of methoxy groups -OCH3 is 1. The summed E-state index contributed by atoms with van der Waals surface area (Å²) < 4.78 is 28.8. The molecule has 0 saturated carbocycles. The number of hydrogen-bond donors (Lipinski definition) is 0. The maximum atomic E-state index is 12.1. The number of carbonyl (C=O) groups is 1. The van der Waals surface area contributed by atoms with E-state index < -0.39 is 15.8 Å². The Labute approximate surface area is 106 Å². The summed E-state index contributed by atoms with van der Waals surface area (Å²) >= 11 is 0. The van der Waals surface area contributed by atoms with Gasteiger partial charge in [0.25, 0.3) is 0 Å². The molecule has 0 aromatic heterocycles. The Bertz CT molecular complexity index is 627. The van der Waals surface area contributed by atoms with Crippen molar-refractivity contribution in [1.29, 1.82) is 0 Å². The second kappa shape index (κ2) is 4.57. The quantitative estimate of drug-likeness (QED) is 0.729. The van der Waals surface area contributed by atoms with Crippen molar-refractivity contribution in [3.8, 4) is 0 Å². The van der Waals surface area contributed by atoms with E-state index in [9.17, 15) is 13.2 Å². The molecule has 0 spiro atoms. The lowest BCUT2D eigenvalue weighted by Gasteiger charge is -2.10. The van der Waals surface area contributed by atoms with E-state index in [1.54, 1.807) is 19.1 Å². The van der Waals surface area contributed by atoms with Gasteiger partial charge < -0.3 is 4.74 Å². The molecule has 0 unspecified atom stereocenters. The van der Waals surface area contributed by atoms with Crippen LogP contribution in [0.1, 0.15) is 27.9 Å². The highest BCUT2D eigenvalue weighted by molar-refractivity contribution is 7.91. The highest BCUT2D eigenvalue weighted by Crippen LogP contribution is 2.26. The minimum Gasteiger partial charge on any atom is -0.465 e. The van der Waals surface area contributed by atoms with Crippen molar-refractivity contribution < 1.29 is 17.9 Å². The lowest BCUT2D eigenvalue weighted by Crippen LogP contribution is -2.10. The van der Waals surface area contributed by atoms with Crippen molar-refractivity contribution in [2.24, 2.45) is 0 Å². The molecule has 0 bridgehead atoms. The van der Waals surface area contributed by atoms with Crippen molar-refractivity contribution in [2.45, 2.75) is 18.2 Å². The highest BCUT2D eigenvalue weighted by atomic mass is 32.2. The minimum atomic E-state index is -3.33. The number of fused-ring (bicyclic) bond motifs is 1. The van der Waals surface area contributed by atoms with Crippen LogP contribution in [0.4, 0.5) is 0 Å². The van der Waals surface area contributed by atoms with Gasteiger partial charge in [0.2, 0.25) is 0 Å². The number of hydrogen-bond acceptors (Lipinski definition) is 4. The van der Waals surface area contributed by atoms with Crippen LogP contribution in [0.15, 0.2) is 23.1 Å². The Morgan fingerprint density at radius 3 is 2.72 bits per heavy atom. The van der Waals surface area contributed by atoms with Crippen molar-refractivity contribution >= 4 is 21.9 Å². The maximum Gasteiger partial charge on any atom is 0.338 e. The predicted octanol–water partition coefficient (Wildman–Crippen LogP) is 1.97. The van der Waals surface area contributed by atoms with Gasteiger partial charge in [-0.1, -0.05) is 12.2 Å². The Morgan fingerprint density at radius 1 is 1.33 bits per heavy atom. The molecule has 0 amide bonds. The Morgan fingerprint density at radius 2 is 2.06 bits per heavy atom. The van der Waals surface area contributed by atoms with Crippen LogP contribution in [0.3, 0.4) is 0 Å². The van der Waals surface area contributed by atoms with Crippen molar-refractivity contribution in [1.82, 2.24) is 0 Å². The van der Waals surface area contributed by atoms with E-state index in [0.717, 1.165) is 0 Å². The van der Waals surface area contributed by atoms with Crippen LogP contribution in [0.5, 0.6) is 0 Å². The maximum absolute atomic E-state index is 12.1. The standard InChI is InChI=1S/C13H14O4S/c1-9-7-10-5-3-4-6-18(15,16)12(10)8-11(9)13(14)17-2/h3,5,7-8H,4,6H2,1-2H3. The van der Waals surface area contributed by atoms with Crippen LogP contribution in [-0.2, 0) is 14.6 Å². The molecule has 96 valence electrons. The normalized spacial score (nSPS) is 16.8. The third kappa shape index (κ3) is 2.18. The average Bonchev–Trinajstić information content (AvgIpc) is 2.46. The molecule has 1 aromatic carbocycles. The zero-order valence-corrected chi connectivity index (χ0v) is 11.1. The number of allylic oxidation sites excluding steroid dienone is 1. The number of carbonyl (C=O) groups excluding carboxylic acids is 1. The van der Waals surface area contributed by atoms with Gasteiger partial charge in [-0.05, 0) is 36.6 Å². The molecule has 0 atom stereocenters. The fourth-order valence-corrected chi connectivity index (χ4v) is 3.43. The van der Waals surface area contributed by atoms with Crippen LogP contribution < -0.4 is 0 Å². The summed E-state index contributed by atoms with van der Waals surface area (Å²) in [4.78, 5) is 11.8. The summed E-state index contributed by atoms with van der Waals surface area (Å²) in [6, 6.07) is 3.13. The van der Waals surface area contributed by atoms with E-state index in [4.69, 9.17) is 0 Å². The number of aryl methyl sites for hydroxylation is 1. The molecule has 0 N–H and O–H groups in total. The first-order valence-corrected chi connectivity index (χ1v) is 7.23. The van der Waals surface area contributed by atoms with E-state index in [0.29, 0.717) is 23.1 Å². The summed E-state index contributed by atoms with van der Waals surface area (Å²) in [6.07, 6.45) is 4.11. The molecule has 0 radical (unpaired) electrons. The van der Waals surface area contributed by atoms with E-state index in [2.05, 4.69) is 4.74 Å². The van der Waals surface area contributed by atoms with Gasteiger partial charge in [-0.2, -0.15) is 0 Å². The first kappa shape index (κ1) is 12.8. The van der Waals surface area contributed by atoms with Gasteiger partial charge >= 0.3 is 5.97 Å². The second-order valence-corrected chi connectivity index (χ2v) is 6.28. The zero-order chi connectivity index (χ0) is 13.3. The van der Waals surface area contributed by atoms with Gasteiger partial charge in [-0.15, -0.1) is 0 Å². The summed E-state index contributed by atoms with van der Waals surface area (Å²) in [5.74, 6) is -0.445. The lowest BCUT2D eigenvalue weighted by atomic mass is 10.0. The summed E-state index contributed by atoms with van der Waals surface area (Å²) in [5.41, 5.74) is 1.65. The van der Waals surface area contributed by atoms with Gasteiger partial charge in [-0.25, -0.2) is 13.2 Å². The number of ether oxygens (including phenoxy) is 1. The fourth-order valence-electron chi connectivity index (χ4n) is 1.98. The molecule has 0 saturated heterocycles. The number of benzene rings is 1. The molecule has 1 aromatic rings. The van der Waals surface area contributed by atoms with Gasteiger partial charge in [0.15, 0.2) is 9.84 Å². The zero-order valence-electron chi connectivity index (χ0n) is 10.3. The number of esters is 1. The first-order valence-electron chi connectivity index (χ1n) is 5.58. The van der Waals surface area contributed by atoms with Crippen molar-refractivity contribution in [3.63, 3.8) is 0 Å². The number of sulfone groups is 1. The molecule has 18 heavy (non-hydrogen) atoms. The molecule has 4 nitrogen and oxygen atoms in total. The van der Waals surface area contributed by atoms with E-state index in [1.165, 1.54) is 13.2 Å². The van der Waals surface area contributed by atoms with Crippen molar-refractivity contribution in [3.05, 3.63) is 34.9 Å². The lowest BCUT2D eigenvalue weighted by molar-refractivity contribution is 0.0599. The molecule has 1 aliphatic rings. The summed E-state index contributed by atoms with van der Waals surface area (Å²) in [6.45, 7) is 1.76. The highest BCUT2D eigenvalue weighted by Gasteiger charge is 2.22. The molecule has 5 heteroatoms. The third-order valence-electron chi connectivity index (χ3n) is 2.95. The second-order valence-electron chi connectivity index (χ2n) is 4.21. The Kier molecular flexibility index (Phi) is 3.26. The van der Waals surface area contributed by atoms with E-state index in [-0.39, 0.29) is 10.6 Å². The van der Waals surface area contributed by atoms with E-state index >= 15 is 0 Å². The number of rotatable bonds is 1. The largest absolute Gasteiger partial charge is 0.465 e. The SMILES string of the molecule is COC(=O)c1cc2c(cc1C)C=CCCS2(=O)=O. The summed E-state index contributed by atoms with van der Waals surface area (Å²) in [7, 11) is -2.05. The first-order chi connectivity index (χ1) is 8.45. The predicted molar refractivity (Wildman–Crippen MR) is 68.2 cm³/mol. The van der Waals surface area contributed by atoms with Gasteiger partial charge in [-0.3, -0.25) is 0 Å². The van der Waals surface area contributed by atoms with Gasteiger partial charge in [0.05, 0.1) is 23.3 Å². The smallest absolute Gasteiger partial charge is 0.338 e. The molecule has 1 aliphatic heterocycles. The Balaban J connectivity index is 2.70. The van der Waals surface area contributed by atoms with Crippen LogP contribution in [0.2, 0.25) is 0 Å². The summed E-state index contributed by atoms with van der Waals surface area (Å²) in [5, 5.41) is 0. The molecule has 1 heterocycles. The van der Waals surface area contributed by atoms with Crippen LogP contribution >= 0.6 is 0 Å². The third-order valence-corrected chi connectivity index (χ3v) is 4.74. The fraction of sp³-hybridized carbons (Fsp3) is 0.308. The van der Waals surface area contributed by atoms with Gasteiger partial charge in [0, 0.05) is 0 Å². The monoisotopic (exact) mass is 266 g/mol. The molecular formula is C13H14O4S. The van der Waals surface area contributed by atoms with Crippen LogP contribution in [-0.4, -0.2) is 27.2 Å². The molecular weight excluding hydrogens is 252 g/mol. The van der Waals surface area contributed by atoms with Gasteiger partial charge in [0.1, 0.15) is 0 Å². The van der Waals surface area contributed by atoms with E-state index in [1.807, 2.05) is 6.08 Å². The molecule has 2 rings (SSSR count). The average molecular weight is 266 g/mol. The van der Waals surface area contributed by atoms with Crippen molar-refractivity contribution in [2.75, 3.05) is 12.9 Å². The Hall–Kier alpha value is -1.62. The van der Waals surface area contributed by atoms with Crippen LogP contribution in [0.25, 0.3) is 6.08 Å². The van der Waals surface area contributed by atoms with Crippen LogP contribution in [0, 0.1) is 6.92 Å². The minimum absolute atomic E-state index is 0.0696. The molecule has 0 aliphatic carbocycles. The topological polar surface area (TPSA) is 60.4 Å². The molecule has 0 fully saturated rings.